The summed E-state index contributed by atoms with van der Waals surface area (Å²) in [6, 6.07) is 5.59. The van der Waals surface area contributed by atoms with E-state index < -0.39 is 12.2 Å². The minimum Gasteiger partial charge on any atom is -0.490 e. The van der Waals surface area contributed by atoms with Gasteiger partial charge in [0, 0.05) is 25.2 Å². The average Bonchev–Trinajstić information content (AvgIpc) is 2.60. The van der Waals surface area contributed by atoms with E-state index in [9.17, 15) is 15.0 Å². The van der Waals surface area contributed by atoms with Crippen LogP contribution in [0.25, 0.3) is 0 Å². The van der Waals surface area contributed by atoms with Crippen LogP contribution in [-0.2, 0) is 0 Å². The minimum absolute atomic E-state index is 0.0599. The van der Waals surface area contributed by atoms with Crippen molar-refractivity contribution in [1.82, 2.24) is 10.6 Å². The molecule has 7 heteroatoms. The minimum atomic E-state index is -0.694. The third-order valence-electron chi connectivity index (χ3n) is 3.73. The zero-order chi connectivity index (χ0) is 20.4. The molecule has 0 aromatic heterocycles. The number of ether oxygens (including phenoxy) is 2. The maximum Gasteiger partial charge on any atom is 0.167 e. The van der Waals surface area contributed by atoms with Crippen molar-refractivity contribution in [3.05, 3.63) is 23.8 Å². The van der Waals surface area contributed by atoms with Crippen molar-refractivity contribution in [2.75, 3.05) is 26.3 Å². The maximum atomic E-state index is 12.1. The molecule has 7 nitrogen and oxygen atoms in total. The second-order valence-corrected chi connectivity index (χ2v) is 7.24. The summed E-state index contributed by atoms with van der Waals surface area (Å²) in [6.07, 6.45) is -1.39. The highest BCUT2D eigenvalue weighted by molar-refractivity contribution is 5.99. The molecule has 0 radical (unpaired) electrons. The molecular weight excluding hydrogens is 348 g/mol. The van der Waals surface area contributed by atoms with Crippen LogP contribution >= 0.6 is 0 Å². The molecule has 0 heterocycles. The van der Waals surface area contributed by atoms with Gasteiger partial charge < -0.3 is 30.3 Å². The summed E-state index contributed by atoms with van der Waals surface area (Å²) in [5.41, 5.74) is 0.311. The molecule has 1 aromatic rings. The van der Waals surface area contributed by atoms with Gasteiger partial charge in [-0.1, -0.05) is 33.8 Å². The van der Waals surface area contributed by atoms with Gasteiger partial charge in [-0.3, -0.25) is 4.79 Å². The number of carbonyl (C=O) groups excluding carboxylic acids is 1. The Labute approximate surface area is 162 Å². The molecular formula is C20H34N2O5. The van der Waals surface area contributed by atoms with Gasteiger partial charge in [0.05, 0.1) is 0 Å². The number of hydrogen-bond acceptors (Lipinski definition) is 7. The molecule has 0 saturated heterocycles. The highest BCUT2D eigenvalue weighted by atomic mass is 16.5. The molecule has 0 spiro atoms. The highest BCUT2D eigenvalue weighted by Gasteiger charge is 2.18. The molecule has 0 aliphatic rings. The van der Waals surface area contributed by atoms with Gasteiger partial charge in [0.2, 0.25) is 0 Å². The average molecular weight is 383 g/mol. The van der Waals surface area contributed by atoms with E-state index in [2.05, 4.69) is 10.6 Å². The molecule has 154 valence electrons. The van der Waals surface area contributed by atoms with Crippen LogP contribution in [0.1, 0.15) is 45.0 Å². The van der Waals surface area contributed by atoms with E-state index >= 15 is 0 Å². The number of benzene rings is 1. The zero-order valence-corrected chi connectivity index (χ0v) is 17.0. The zero-order valence-electron chi connectivity index (χ0n) is 17.0. The Morgan fingerprint density at radius 3 is 1.67 bits per heavy atom. The van der Waals surface area contributed by atoms with Gasteiger partial charge in [-0.2, -0.15) is 0 Å². The molecule has 2 unspecified atom stereocenters. The number of aliphatic hydroxyl groups is 2. The van der Waals surface area contributed by atoms with Crippen molar-refractivity contribution in [2.45, 2.75) is 58.9 Å². The van der Waals surface area contributed by atoms with Gasteiger partial charge in [-0.15, -0.1) is 0 Å². The number of nitrogens with one attached hydrogen (secondary N) is 2. The first-order chi connectivity index (χ1) is 12.7. The summed E-state index contributed by atoms with van der Waals surface area (Å²) in [6.45, 7) is 10.3. The fourth-order valence-electron chi connectivity index (χ4n) is 2.33. The van der Waals surface area contributed by atoms with Crippen LogP contribution in [0.3, 0.4) is 0 Å². The SMILES string of the molecule is CC(=O)c1c(OCC(O)CNC(C)C)cccc1OCC(O)CNC(C)C. The van der Waals surface area contributed by atoms with Crippen LogP contribution in [-0.4, -0.2) is 66.6 Å². The van der Waals surface area contributed by atoms with Crippen LogP contribution in [0.2, 0.25) is 0 Å². The summed E-state index contributed by atoms with van der Waals surface area (Å²) in [5.74, 6) is 0.516. The Balaban J connectivity index is 2.72. The standard InChI is InChI=1S/C20H34N2O5/c1-13(2)21-9-16(24)11-26-18-7-6-8-19(20(18)15(5)23)27-12-17(25)10-22-14(3)4/h6-8,13-14,16-17,21-22,24-25H,9-12H2,1-5H3. The number of ketones is 1. The fourth-order valence-corrected chi connectivity index (χ4v) is 2.33. The van der Waals surface area contributed by atoms with E-state index in [4.69, 9.17) is 9.47 Å². The molecule has 27 heavy (non-hydrogen) atoms. The van der Waals surface area contributed by atoms with E-state index in [1.54, 1.807) is 18.2 Å². The largest absolute Gasteiger partial charge is 0.490 e. The van der Waals surface area contributed by atoms with Gasteiger partial charge >= 0.3 is 0 Å². The van der Waals surface area contributed by atoms with Gasteiger partial charge in [0.15, 0.2) is 5.78 Å². The topological polar surface area (TPSA) is 100 Å². The summed E-state index contributed by atoms with van der Waals surface area (Å²) in [4.78, 5) is 12.1. The van der Waals surface area contributed by atoms with Gasteiger partial charge in [-0.05, 0) is 19.1 Å². The lowest BCUT2D eigenvalue weighted by Gasteiger charge is -2.19. The van der Waals surface area contributed by atoms with Crippen LogP contribution in [0.4, 0.5) is 0 Å². The van der Waals surface area contributed by atoms with E-state index in [0.29, 0.717) is 30.2 Å². The van der Waals surface area contributed by atoms with Crippen molar-refractivity contribution in [3.63, 3.8) is 0 Å². The van der Waals surface area contributed by atoms with Gasteiger partial charge in [-0.25, -0.2) is 0 Å². The normalized spacial score (nSPS) is 13.7. The molecule has 0 aliphatic carbocycles. The lowest BCUT2D eigenvalue weighted by molar-refractivity contribution is 0.0926. The van der Waals surface area contributed by atoms with Crippen molar-refractivity contribution in [2.24, 2.45) is 0 Å². The van der Waals surface area contributed by atoms with Crippen LogP contribution in [0, 0.1) is 0 Å². The van der Waals surface area contributed by atoms with E-state index in [-0.39, 0.29) is 31.1 Å². The molecule has 1 aromatic carbocycles. The second-order valence-electron chi connectivity index (χ2n) is 7.24. The maximum absolute atomic E-state index is 12.1. The van der Waals surface area contributed by atoms with Crippen molar-refractivity contribution >= 4 is 5.78 Å². The van der Waals surface area contributed by atoms with Gasteiger partial charge in [0.25, 0.3) is 0 Å². The Bertz CT molecular complexity index is 537. The van der Waals surface area contributed by atoms with Crippen LogP contribution < -0.4 is 20.1 Å². The monoisotopic (exact) mass is 382 g/mol. The molecule has 0 saturated carbocycles. The Hall–Kier alpha value is -1.67. The molecule has 2 atom stereocenters. The summed E-state index contributed by atoms with van der Waals surface area (Å²) >= 11 is 0. The Morgan fingerprint density at radius 2 is 1.33 bits per heavy atom. The summed E-state index contributed by atoms with van der Waals surface area (Å²) in [7, 11) is 0. The highest BCUT2D eigenvalue weighted by Crippen LogP contribution is 2.29. The number of aliphatic hydroxyl groups excluding tert-OH is 2. The smallest absolute Gasteiger partial charge is 0.167 e. The predicted octanol–water partition coefficient (Wildman–Crippen LogP) is 1.36. The predicted molar refractivity (Wildman–Crippen MR) is 106 cm³/mol. The number of Topliss-reactive ketones (excluding diaryl/α,β-unsaturated/α-hetero) is 1. The lowest BCUT2D eigenvalue weighted by Crippen LogP contribution is -2.35. The first-order valence-electron chi connectivity index (χ1n) is 9.43. The van der Waals surface area contributed by atoms with Crippen LogP contribution in [0.15, 0.2) is 18.2 Å². The van der Waals surface area contributed by atoms with Crippen molar-refractivity contribution in [3.8, 4) is 11.5 Å². The number of carbonyl (C=O) groups is 1. The molecule has 0 fully saturated rings. The van der Waals surface area contributed by atoms with Crippen molar-refractivity contribution < 1.29 is 24.5 Å². The Morgan fingerprint density at radius 1 is 0.926 bits per heavy atom. The third kappa shape index (κ3) is 9.19. The van der Waals surface area contributed by atoms with Crippen molar-refractivity contribution in [1.29, 1.82) is 0 Å². The summed E-state index contributed by atoms with van der Waals surface area (Å²) < 4.78 is 11.3. The summed E-state index contributed by atoms with van der Waals surface area (Å²) in [5, 5.41) is 26.2. The lowest BCUT2D eigenvalue weighted by atomic mass is 10.1. The quantitative estimate of drug-likeness (QED) is 0.382. The first-order valence-corrected chi connectivity index (χ1v) is 9.43. The molecule has 1 rings (SSSR count). The van der Waals surface area contributed by atoms with Crippen LogP contribution in [0.5, 0.6) is 11.5 Å². The molecule has 0 amide bonds. The first kappa shape index (κ1) is 23.4. The number of rotatable bonds is 13. The Kier molecular flexibility index (Phi) is 10.3. The molecule has 4 N–H and O–H groups in total. The second kappa shape index (κ2) is 11.9. The number of hydrogen-bond donors (Lipinski definition) is 4. The van der Waals surface area contributed by atoms with Gasteiger partial charge in [0.1, 0.15) is 42.5 Å². The third-order valence-corrected chi connectivity index (χ3v) is 3.73. The van der Waals surface area contributed by atoms with E-state index in [1.807, 2.05) is 27.7 Å². The van der Waals surface area contributed by atoms with E-state index in [0.717, 1.165) is 0 Å². The molecule has 0 aliphatic heterocycles. The molecule has 0 bridgehead atoms. The van der Waals surface area contributed by atoms with E-state index in [1.165, 1.54) is 6.92 Å². The fraction of sp³-hybridized carbons (Fsp3) is 0.650.